The number of rotatable bonds is 10. The van der Waals surface area contributed by atoms with Gasteiger partial charge in [-0.25, -0.2) is 0 Å². The van der Waals surface area contributed by atoms with E-state index in [1.54, 1.807) is 7.11 Å². The van der Waals surface area contributed by atoms with Crippen molar-refractivity contribution in [2.45, 2.75) is 32.7 Å². The van der Waals surface area contributed by atoms with Crippen LogP contribution in [0.15, 0.2) is 24.3 Å². The van der Waals surface area contributed by atoms with Crippen molar-refractivity contribution in [1.82, 2.24) is 5.32 Å². The SMILES string of the molecule is CCCNC(COCCOC)c1ccc(CC)cc1. The first-order chi connectivity index (χ1) is 9.31. The van der Waals surface area contributed by atoms with Crippen molar-refractivity contribution in [3.05, 3.63) is 35.4 Å². The lowest BCUT2D eigenvalue weighted by atomic mass is 10.0. The van der Waals surface area contributed by atoms with Crippen molar-refractivity contribution in [2.75, 3.05) is 33.5 Å². The number of methoxy groups -OCH3 is 1. The molecule has 0 saturated heterocycles. The van der Waals surface area contributed by atoms with Gasteiger partial charge in [0, 0.05) is 7.11 Å². The molecular weight excluding hydrogens is 238 g/mol. The normalized spacial score (nSPS) is 12.6. The van der Waals surface area contributed by atoms with Crippen LogP contribution in [0.2, 0.25) is 0 Å². The summed E-state index contributed by atoms with van der Waals surface area (Å²) in [6, 6.07) is 9.07. The number of benzene rings is 1. The summed E-state index contributed by atoms with van der Waals surface area (Å²) in [5.74, 6) is 0. The Morgan fingerprint density at radius 2 is 1.84 bits per heavy atom. The highest BCUT2D eigenvalue weighted by atomic mass is 16.5. The van der Waals surface area contributed by atoms with Gasteiger partial charge >= 0.3 is 0 Å². The van der Waals surface area contributed by atoms with Crippen molar-refractivity contribution in [2.24, 2.45) is 0 Å². The zero-order valence-electron chi connectivity index (χ0n) is 12.4. The highest BCUT2D eigenvalue weighted by Crippen LogP contribution is 2.15. The molecule has 1 aromatic carbocycles. The van der Waals surface area contributed by atoms with E-state index in [0.717, 1.165) is 19.4 Å². The second-order valence-corrected chi connectivity index (χ2v) is 4.67. The van der Waals surface area contributed by atoms with Crippen molar-refractivity contribution >= 4 is 0 Å². The molecule has 1 atom stereocenters. The third-order valence-corrected chi connectivity index (χ3v) is 3.15. The molecule has 1 unspecified atom stereocenters. The largest absolute Gasteiger partial charge is 0.382 e. The van der Waals surface area contributed by atoms with Crippen molar-refractivity contribution in [3.63, 3.8) is 0 Å². The Bertz CT molecular complexity index is 324. The van der Waals surface area contributed by atoms with Crippen LogP contribution in [0.25, 0.3) is 0 Å². The maximum absolute atomic E-state index is 5.66. The van der Waals surface area contributed by atoms with Gasteiger partial charge in [-0.15, -0.1) is 0 Å². The van der Waals surface area contributed by atoms with Crippen LogP contribution in [0.5, 0.6) is 0 Å². The highest BCUT2D eigenvalue weighted by molar-refractivity contribution is 5.25. The predicted molar refractivity (Wildman–Crippen MR) is 79.5 cm³/mol. The summed E-state index contributed by atoms with van der Waals surface area (Å²) in [5.41, 5.74) is 2.67. The summed E-state index contributed by atoms with van der Waals surface area (Å²) in [6.07, 6.45) is 2.21. The lowest BCUT2D eigenvalue weighted by Gasteiger charge is -2.19. The number of hydrogen-bond acceptors (Lipinski definition) is 3. The molecule has 0 bridgehead atoms. The van der Waals surface area contributed by atoms with E-state index in [9.17, 15) is 0 Å². The smallest absolute Gasteiger partial charge is 0.0701 e. The summed E-state index contributed by atoms with van der Waals surface area (Å²) in [7, 11) is 1.69. The third-order valence-electron chi connectivity index (χ3n) is 3.15. The van der Waals surface area contributed by atoms with Gasteiger partial charge in [0.05, 0.1) is 25.9 Å². The van der Waals surface area contributed by atoms with E-state index in [2.05, 4.69) is 43.4 Å². The van der Waals surface area contributed by atoms with E-state index in [1.807, 2.05) is 0 Å². The van der Waals surface area contributed by atoms with Gasteiger partial charge in [-0.3, -0.25) is 0 Å². The second kappa shape index (κ2) is 9.96. The topological polar surface area (TPSA) is 30.5 Å². The molecule has 0 saturated carbocycles. The summed E-state index contributed by atoms with van der Waals surface area (Å²) in [6.45, 7) is 7.34. The maximum atomic E-state index is 5.66. The van der Waals surface area contributed by atoms with Crippen LogP contribution in [-0.2, 0) is 15.9 Å². The van der Waals surface area contributed by atoms with Gasteiger partial charge in [-0.1, -0.05) is 38.1 Å². The van der Waals surface area contributed by atoms with Gasteiger partial charge < -0.3 is 14.8 Å². The third kappa shape index (κ3) is 6.19. The van der Waals surface area contributed by atoms with Crippen LogP contribution in [0, 0.1) is 0 Å². The average molecular weight is 265 g/mol. The number of ether oxygens (including phenoxy) is 2. The van der Waals surface area contributed by atoms with Crippen molar-refractivity contribution in [1.29, 1.82) is 0 Å². The molecule has 0 spiro atoms. The summed E-state index contributed by atoms with van der Waals surface area (Å²) in [5, 5.41) is 3.53. The molecule has 0 aliphatic rings. The maximum Gasteiger partial charge on any atom is 0.0701 e. The van der Waals surface area contributed by atoms with Gasteiger partial charge in [-0.05, 0) is 30.5 Å². The van der Waals surface area contributed by atoms with E-state index in [1.165, 1.54) is 11.1 Å². The standard InChI is InChI=1S/C16H27NO2/c1-4-10-17-16(13-19-12-11-18-3)15-8-6-14(5-2)7-9-15/h6-9,16-17H,4-5,10-13H2,1-3H3. The minimum atomic E-state index is 0.266. The van der Waals surface area contributed by atoms with Gasteiger partial charge in [-0.2, -0.15) is 0 Å². The highest BCUT2D eigenvalue weighted by Gasteiger charge is 2.10. The molecule has 0 aliphatic carbocycles. The zero-order valence-corrected chi connectivity index (χ0v) is 12.4. The summed E-state index contributed by atoms with van der Waals surface area (Å²) >= 11 is 0. The molecule has 0 heterocycles. The lowest BCUT2D eigenvalue weighted by Crippen LogP contribution is -2.27. The van der Waals surface area contributed by atoms with Crippen LogP contribution in [0.3, 0.4) is 0 Å². The molecule has 1 N–H and O–H groups in total. The van der Waals surface area contributed by atoms with Crippen LogP contribution in [-0.4, -0.2) is 33.5 Å². The molecule has 0 aromatic heterocycles. The Balaban J connectivity index is 2.55. The van der Waals surface area contributed by atoms with E-state index in [4.69, 9.17) is 9.47 Å². The van der Waals surface area contributed by atoms with Gasteiger partial charge in [0.2, 0.25) is 0 Å². The van der Waals surface area contributed by atoms with Crippen LogP contribution >= 0.6 is 0 Å². The zero-order chi connectivity index (χ0) is 13.9. The molecule has 1 aromatic rings. The van der Waals surface area contributed by atoms with Gasteiger partial charge in [0.25, 0.3) is 0 Å². The Morgan fingerprint density at radius 1 is 1.11 bits per heavy atom. The molecule has 0 fully saturated rings. The first-order valence-electron chi connectivity index (χ1n) is 7.20. The molecule has 3 heteroatoms. The minimum absolute atomic E-state index is 0.266. The van der Waals surface area contributed by atoms with E-state index < -0.39 is 0 Å². The van der Waals surface area contributed by atoms with Crippen molar-refractivity contribution in [3.8, 4) is 0 Å². The van der Waals surface area contributed by atoms with Gasteiger partial charge in [0.1, 0.15) is 0 Å². The predicted octanol–water partition coefficient (Wildman–Crippen LogP) is 2.95. The van der Waals surface area contributed by atoms with E-state index in [0.29, 0.717) is 19.8 Å². The molecule has 108 valence electrons. The fraction of sp³-hybridized carbons (Fsp3) is 0.625. The minimum Gasteiger partial charge on any atom is -0.382 e. The molecule has 1 rings (SSSR count). The van der Waals surface area contributed by atoms with Crippen molar-refractivity contribution < 1.29 is 9.47 Å². The number of nitrogens with one attached hydrogen (secondary N) is 1. The molecule has 19 heavy (non-hydrogen) atoms. The van der Waals surface area contributed by atoms with Crippen LogP contribution in [0.1, 0.15) is 37.4 Å². The van der Waals surface area contributed by atoms with E-state index >= 15 is 0 Å². The average Bonchev–Trinajstić information content (AvgIpc) is 2.47. The molecule has 0 amide bonds. The quantitative estimate of drug-likeness (QED) is 0.660. The molecule has 0 radical (unpaired) electrons. The fourth-order valence-electron chi connectivity index (χ4n) is 1.92. The monoisotopic (exact) mass is 265 g/mol. The first-order valence-corrected chi connectivity index (χ1v) is 7.20. The molecule has 3 nitrogen and oxygen atoms in total. The summed E-state index contributed by atoms with van der Waals surface area (Å²) < 4.78 is 10.7. The number of hydrogen-bond donors (Lipinski definition) is 1. The first kappa shape index (κ1) is 16.2. The Kier molecular flexibility index (Phi) is 8.47. The van der Waals surface area contributed by atoms with Gasteiger partial charge in [0.15, 0.2) is 0 Å². The lowest BCUT2D eigenvalue weighted by molar-refractivity contribution is 0.0586. The van der Waals surface area contributed by atoms with Crippen LogP contribution < -0.4 is 5.32 Å². The second-order valence-electron chi connectivity index (χ2n) is 4.67. The Morgan fingerprint density at radius 3 is 2.42 bits per heavy atom. The van der Waals surface area contributed by atoms with Crippen LogP contribution in [0.4, 0.5) is 0 Å². The Hall–Kier alpha value is -0.900. The molecule has 0 aliphatic heterocycles. The summed E-state index contributed by atoms with van der Waals surface area (Å²) in [4.78, 5) is 0. The molecular formula is C16H27NO2. The number of aryl methyl sites for hydroxylation is 1. The Labute approximate surface area is 117 Å². The fourth-order valence-corrected chi connectivity index (χ4v) is 1.92. The van der Waals surface area contributed by atoms with E-state index in [-0.39, 0.29) is 6.04 Å².